The van der Waals surface area contributed by atoms with Crippen molar-refractivity contribution in [2.45, 2.75) is 13.5 Å². The largest absolute Gasteiger partial charge is 0.465 e. The van der Waals surface area contributed by atoms with Gasteiger partial charge in [-0.25, -0.2) is 0 Å². The second-order valence-corrected chi connectivity index (χ2v) is 5.83. The van der Waals surface area contributed by atoms with Gasteiger partial charge in [-0.1, -0.05) is 0 Å². The molecule has 0 fully saturated rings. The van der Waals surface area contributed by atoms with Crippen LogP contribution in [0.5, 0.6) is 0 Å². The van der Waals surface area contributed by atoms with Gasteiger partial charge in [-0.05, 0) is 60.2 Å². The average molecular weight is 352 g/mol. The Balaban J connectivity index is 1.89. The Labute approximate surface area is 132 Å². The molecule has 0 spiro atoms. The number of benzene rings is 1. The highest BCUT2D eigenvalue weighted by atomic mass is 79.9. The van der Waals surface area contributed by atoms with Crippen LogP contribution in [0.3, 0.4) is 0 Å². The summed E-state index contributed by atoms with van der Waals surface area (Å²) in [6.07, 6.45) is 0. The number of nitrogen functional groups attached to an aromatic ring is 1. The Bertz CT molecular complexity index is 640. The van der Waals surface area contributed by atoms with Gasteiger partial charge in [0.1, 0.15) is 11.5 Å². The standard InChI is InChI=1S/C15H18BrN3O2/c1-10-3-5-12(21-10)8-19(2)9-15(20)18-14-6-4-11(17)7-13(14)16/h3-7H,8-9,17H2,1-2H3,(H,18,20). The van der Waals surface area contributed by atoms with Crippen molar-refractivity contribution in [1.29, 1.82) is 0 Å². The average Bonchev–Trinajstić information content (AvgIpc) is 2.78. The second-order valence-electron chi connectivity index (χ2n) is 4.97. The van der Waals surface area contributed by atoms with Crippen molar-refractivity contribution >= 4 is 33.2 Å². The fourth-order valence-electron chi connectivity index (χ4n) is 1.96. The number of likely N-dealkylation sites (N-methyl/N-ethyl adjacent to an activating group) is 1. The van der Waals surface area contributed by atoms with Gasteiger partial charge >= 0.3 is 0 Å². The summed E-state index contributed by atoms with van der Waals surface area (Å²) in [5, 5.41) is 2.85. The highest BCUT2D eigenvalue weighted by Crippen LogP contribution is 2.24. The number of carbonyl (C=O) groups is 1. The van der Waals surface area contributed by atoms with Gasteiger partial charge in [-0.3, -0.25) is 9.69 Å². The lowest BCUT2D eigenvalue weighted by Gasteiger charge is -2.15. The van der Waals surface area contributed by atoms with E-state index in [0.717, 1.165) is 16.0 Å². The molecule has 0 aliphatic heterocycles. The molecule has 0 aliphatic carbocycles. The van der Waals surface area contributed by atoms with Crippen LogP contribution in [0.25, 0.3) is 0 Å². The predicted molar refractivity (Wildman–Crippen MR) is 87.0 cm³/mol. The summed E-state index contributed by atoms with van der Waals surface area (Å²) in [6, 6.07) is 9.10. The number of hydrogen-bond acceptors (Lipinski definition) is 4. The van der Waals surface area contributed by atoms with E-state index in [1.165, 1.54) is 0 Å². The quantitative estimate of drug-likeness (QED) is 0.812. The van der Waals surface area contributed by atoms with Gasteiger partial charge in [0, 0.05) is 10.2 Å². The molecule has 1 amide bonds. The fourth-order valence-corrected chi connectivity index (χ4v) is 2.46. The number of nitrogens with one attached hydrogen (secondary N) is 1. The fraction of sp³-hybridized carbons (Fsp3) is 0.267. The maximum Gasteiger partial charge on any atom is 0.238 e. The lowest BCUT2D eigenvalue weighted by molar-refractivity contribution is -0.117. The molecule has 0 aliphatic rings. The Hall–Kier alpha value is -1.79. The molecule has 1 aromatic carbocycles. The predicted octanol–water partition coefficient (Wildman–Crippen LogP) is 3.00. The van der Waals surface area contributed by atoms with E-state index in [1.54, 1.807) is 18.2 Å². The van der Waals surface area contributed by atoms with Crippen LogP contribution < -0.4 is 11.1 Å². The number of hydrogen-bond donors (Lipinski definition) is 2. The first kappa shape index (κ1) is 15.6. The summed E-state index contributed by atoms with van der Waals surface area (Å²) in [7, 11) is 1.87. The summed E-state index contributed by atoms with van der Waals surface area (Å²) < 4.78 is 6.26. The number of anilines is 2. The zero-order chi connectivity index (χ0) is 15.4. The van der Waals surface area contributed by atoms with E-state index in [9.17, 15) is 4.79 Å². The molecule has 21 heavy (non-hydrogen) atoms. The van der Waals surface area contributed by atoms with Gasteiger partial charge in [-0.15, -0.1) is 0 Å². The first-order chi connectivity index (χ1) is 9.94. The maximum atomic E-state index is 12.0. The molecule has 2 rings (SSSR count). The van der Waals surface area contributed by atoms with Crippen molar-refractivity contribution in [2.75, 3.05) is 24.6 Å². The van der Waals surface area contributed by atoms with E-state index in [0.29, 0.717) is 17.9 Å². The van der Waals surface area contributed by atoms with E-state index in [4.69, 9.17) is 10.2 Å². The van der Waals surface area contributed by atoms with Crippen LogP contribution in [-0.4, -0.2) is 24.4 Å². The minimum atomic E-state index is -0.0914. The number of aryl methyl sites for hydroxylation is 1. The topological polar surface area (TPSA) is 71.5 Å². The molecule has 6 heteroatoms. The molecule has 5 nitrogen and oxygen atoms in total. The Kier molecular flexibility index (Phi) is 5.03. The van der Waals surface area contributed by atoms with Gasteiger partial charge in [0.05, 0.1) is 18.8 Å². The molecule has 1 heterocycles. The highest BCUT2D eigenvalue weighted by molar-refractivity contribution is 9.10. The van der Waals surface area contributed by atoms with Crippen molar-refractivity contribution in [1.82, 2.24) is 4.90 Å². The van der Waals surface area contributed by atoms with Crippen LogP contribution in [0.4, 0.5) is 11.4 Å². The van der Waals surface area contributed by atoms with E-state index < -0.39 is 0 Å². The van der Waals surface area contributed by atoms with Crippen LogP contribution in [0, 0.1) is 6.92 Å². The molecular formula is C15H18BrN3O2. The van der Waals surface area contributed by atoms with E-state index in [2.05, 4.69) is 21.2 Å². The lowest BCUT2D eigenvalue weighted by atomic mass is 10.3. The third-order valence-electron chi connectivity index (χ3n) is 2.90. The van der Waals surface area contributed by atoms with E-state index in [-0.39, 0.29) is 12.5 Å². The number of carbonyl (C=O) groups excluding carboxylic acids is 1. The number of halogens is 1. The monoisotopic (exact) mass is 351 g/mol. The van der Waals surface area contributed by atoms with Gasteiger partial charge in [0.25, 0.3) is 0 Å². The number of nitrogens with zero attached hydrogens (tertiary/aromatic N) is 1. The second kappa shape index (κ2) is 6.78. The molecule has 3 N–H and O–H groups in total. The summed E-state index contributed by atoms with van der Waals surface area (Å²) >= 11 is 3.38. The molecule has 2 aromatic rings. The van der Waals surface area contributed by atoms with Gasteiger partial charge in [-0.2, -0.15) is 0 Å². The minimum absolute atomic E-state index is 0.0914. The molecule has 0 bridgehead atoms. The maximum absolute atomic E-state index is 12.0. The first-order valence-corrected chi connectivity index (χ1v) is 7.32. The Morgan fingerprint density at radius 2 is 2.14 bits per heavy atom. The van der Waals surface area contributed by atoms with Crippen LogP contribution in [0.15, 0.2) is 39.2 Å². The summed E-state index contributed by atoms with van der Waals surface area (Å²) in [5.74, 6) is 1.62. The minimum Gasteiger partial charge on any atom is -0.465 e. The van der Waals surface area contributed by atoms with Crippen LogP contribution in [-0.2, 0) is 11.3 Å². The summed E-state index contributed by atoms with van der Waals surface area (Å²) in [4.78, 5) is 13.9. The molecule has 112 valence electrons. The molecule has 0 saturated heterocycles. The normalized spacial score (nSPS) is 10.9. The van der Waals surface area contributed by atoms with Crippen LogP contribution in [0.2, 0.25) is 0 Å². The summed E-state index contributed by atoms with van der Waals surface area (Å²) in [6.45, 7) is 2.76. The summed E-state index contributed by atoms with van der Waals surface area (Å²) in [5.41, 5.74) is 7.01. The number of furan rings is 1. The molecule has 0 atom stereocenters. The van der Waals surface area contributed by atoms with E-state index in [1.807, 2.05) is 31.0 Å². The first-order valence-electron chi connectivity index (χ1n) is 6.53. The highest BCUT2D eigenvalue weighted by Gasteiger charge is 2.10. The number of amides is 1. The van der Waals surface area contributed by atoms with Gasteiger partial charge < -0.3 is 15.5 Å². The van der Waals surface area contributed by atoms with Crippen molar-refractivity contribution in [3.63, 3.8) is 0 Å². The smallest absolute Gasteiger partial charge is 0.238 e. The molecular weight excluding hydrogens is 334 g/mol. The zero-order valence-corrected chi connectivity index (χ0v) is 13.6. The van der Waals surface area contributed by atoms with Crippen molar-refractivity contribution in [3.05, 3.63) is 46.3 Å². The van der Waals surface area contributed by atoms with Crippen LogP contribution >= 0.6 is 15.9 Å². The molecule has 0 unspecified atom stereocenters. The Morgan fingerprint density at radius 1 is 1.38 bits per heavy atom. The van der Waals surface area contributed by atoms with Crippen LogP contribution in [0.1, 0.15) is 11.5 Å². The third kappa shape index (κ3) is 4.61. The van der Waals surface area contributed by atoms with Crippen molar-refractivity contribution in [2.24, 2.45) is 0 Å². The van der Waals surface area contributed by atoms with Gasteiger partial charge in [0.2, 0.25) is 5.91 Å². The van der Waals surface area contributed by atoms with Crippen molar-refractivity contribution < 1.29 is 9.21 Å². The molecule has 1 aromatic heterocycles. The van der Waals surface area contributed by atoms with Gasteiger partial charge in [0.15, 0.2) is 0 Å². The number of nitrogens with two attached hydrogens (primary N) is 1. The third-order valence-corrected chi connectivity index (χ3v) is 3.56. The number of rotatable bonds is 5. The Morgan fingerprint density at radius 3 is 2.76 bits per heavy atom. The molecule has 0 saturated carbocycles. The molecule has 0 radical (unpaired) electrons. The van der Waals surface area contributed by atoms with E-state index >= 15 is 0 Å². The lowest BCUT2D eigenvalue weighted by Crippen LogP contribution is -2.29. The zero-order valence-electron chi connectivity index (χ0n) is 12.0. The van der Waals surface area contributed by atoms with Crippen molar-refractivity contribution in [3.8, 4) is 0 Å². The SMILES string of the molecule is Cc1ccc(CN(C)CC(=O)Nc2ccc(N)cc2Br)o1.